The van der Waals surface area contributed by atoms with Gasteiger partial charge in [0.2, 0.25) is 0 Å². The zero-order valence-electron chi connectivity index (χ0n) is 20.6. The number of halogens is 2. The molecule has 4 aromatic rings. The monoisotopic (exact) mass is 671 g/mol. The quantitative estimate of drug-likeness (QED) is 0.110. The van der Waals surface area contributed by atoms with Crippen LogP contribution in [0.15, 0.2) is 73.1 Å². The molecule has 0 saturated carbocycles. The molecule has 0 aliphatic heterocycles. The average molecular weight is 673 g/mol. The number of aliphatic imine (C=N–C) groups is 1. The summed E-state index contributed by atoms with van der Waals surface area (Å²) in [5, 5.41) is 14.6. The van der Waals surface area contributed by atoms with E-state index in [1.807, 2.05) is 18.2 Å². The minimum absolute atomic E-state index is 0.0269. The number of thiophene rings is 1. The summed E-state index contributed by atoms with van der Waals surface area (Å²) in [5.74, 6) is 1.10. The Bertz CT molecular complexity index is 1530. The van der Waals surface area contributed by atoms with Gasteiger partial charge in [0.05, 0.1) is 27.8 Å². The molecule has 1 aliphatic carbocycles. The predicted molar refractivity (Wildman–Crippen MR) is 157 cm³/mol. The van der Waals surface area contributed by atoms with E-state index >= 15 is 0 Å². The average Bonchev–Trinajstić information content (AvgIpc) is 3.58. The Morgan fingerprint density at radius 2 is 1.97 bits per heavy atom. The number of carbonyl (C=O) groups excluding carboxylic acids is 1. The molecule has 2 aromatic heterocycles. The smallest absolute Gasteiger partial charge is 0.269 e. The number of benzene rings is 2. The Labute approximate surface area is 245 Å². The van der Waals surface area contributed by atoms with E-state index in [-0.39, 0.29) is 18.2 Å². The first-order valence-corrected chi connectivity index (χ1v) is 14.6. The van der Waals surface area contributed by atoms with E-state index in [1.54, 1.807) is 42.0 Å². The molecule has 0 spiro atoms. The van der Waals surface area contributed by atoms with Gasteiger partial charge in [-0.1, -0.05) is 15.9 Å². The summed E-state index contributed by atoms with van der Waals surface area (Å²) in [6.07, 6.45) is 7.24. The van der Waals surface area contributed by atoms with E-state index in [9.17, 15) is 14.9 Å². The van der Waals surface area contributed by atoms with Crippen LogP contribution in [0.25, 0.3) is 0 Å². The van der Waals surface area contributed by atoms with E-state index in [4.69, 9.17) is 14.1 Å². The summed E-state index contributed by atoms with van der Waals surface area (Å²) in [5.41, 5.74) is 3.24. The molecule has 2 heterocycles. The molecule has 1 aliphatic rings. The van der Waals surface area contributed by atoms with Gasteiger partial charge < -0.3 is 14.5 Å². The third-order valence-corrected chi connectivity index (χ3v) is 8.52. The number of hydrogen-bond acceptors (Lipinski definition) is 7. The van der Waals surface area contributed by atoms with Crippen LogP contribution >= 0.6 is 43.2 Å². The SMILES string of the molecule is O=C(NCc1ccco1)c1c(N=Cc2cc(Br)cc(Br)c2OCc2ccc([N+](=O)[O-])cc2)sc2c1CCCC2. The van der Waals surface area contributed by atoms with Crippen molar-refractivity contribution in [1.82, 2.24) is 5.32 Å². The van der Waals surface area contributed by atoms with Gasteiger partial charge in [0.1, 0.15) is 23.1 Å². The number of fused-ring (bicyclic) bond motifs is 1. The molecule has 0 fully saturated rings. The van der Waals surface area contributed by atoms with Gasteiger partial charge in [-0.3, -0.25) is 14.9 Å². The molecule has 5 rings (SSSR count). The molecule has 0 bridgehead atoms. The number of hydrogen-bond donors (Lipinski definition) is 1. The van der Waals surface area contributed by atoms with Gasteiger partial charge in [0, 0.05) is 33.3 Å². The van der Waals surface area contributed by atoms with Gasteiger partial charge in [-0.2, -0.15) is 0 Å². The first-order valence-electron chi connectivity index (χ1n) is 12.2. The van der Waals surface area contributed by atoms with Crippen LogP contribution in [0.3, 0.4) is 0 Å². The Hall–Kier alpha value is -3.28. The lowest BCUT2D eigenvalue weighted by molar-refractivity contribution is -0.384. The van der Waals surface area contributed by atoms with Crippen LogP contribution in [0.5, 0.6) is 5.75 Å². The number of nitrogens with one attached hydrogen (secondary N) is 1. The van der Waals surface area contributed by atoms with Crippen molar-refractivity contribution < 1.29 is 18.9 Å². The van der Waals surface area contributed by atoms with Crippen LogP contribution < -0.4 is 10.1 Å². The maximum Gasteiger partial charge on any atom is 0.269 e. The summed E-state index contributed by atoms with van der Waals surface area (Å²) >= 11 is 8.67. The zero-order chi connectivity index (χ0) is 27.4. The largest absolute Gasteiger partial charge is 0.487 e. The maximum absolute atomic E-state index is 13.3. The third-order valence-electron chi connectivity index (χ3n) is 6.27. The highest BCUT2D eigenvalue weighted by Crippen LogP contribution is 2.40. The number of aryl methyl sites for hydroxylation is 1. The number of non-ortho nitro benzene ring substituents is 1. The second kappa shape index (κ2) is 12.3. The van der Waals surface area contributed by atoms with Gasteiger partial charge in [-0.25, -0.2) is 4.99 Å². The van der Waals surface area contributed by atoms with Crippen molar-refractivity contribution in [3.63, 3.8) is 0 Å². The second-order valence-electron chi connectivity index (χ2n) is 8.93. The molecule has 0 saturated heterocycles. The topological polar surface area (TPSA) is 107 Å². The Balaban J connectivity index is 1.41. The fourth-order valence-electron chi connectivity index (χ4n) is 4.37. The number of amides is 1. The lowest BCUT2D eigenvalue weighted by Gasteiger charge is -2.13. The summed E-state index contributed by atoms with van der Waals surface area (Å²) in [6.45, 7) is 0.519. The number of ether oxygens (including phenoxy) is 1. The highest BCUT2D eigenvalue weighted by Gasteiger charge is 2.25. The van der Waals surface area contributed by atoms with Crippen LogP contribution in [0, 0.1) is 10.1 Å². The number of rotatable bonds is 9. The lowest BCUT2D eigenvalue weighted by Crippen LogP contribution is -2.23. The van der Waals surface area contributed by atoms with E-state index in [0.717, 1.165) is 45.8 Å². The zero-order valence-corrected chi connectivity index (χ0v) is 24.6. The predicted octanol–water partition coefficient (Wildman–Crippen LogP) is 7.91. The van der Waals surface area contributed by atoms with Crippen molar-refractivity contribution in [1.29, 1.82) is 0 Å². The van der Waals surface area contributed by atoms with Crippen molar-refractivity contribution >= 4 is 66.0 Å². The minimum Gasteiger partial charge on any atom is -0.487 e. The fourth-order valence-corrected chi connectivity index (χ4v) is 6.97. The number of carbonyl (C=O) groups is 1. The fraction of sp³-hybridized carbons (Fsp3) is 0.214. The summed E-state index contributed by atoms with van der Waals surface area (Å²) in [4.78, 5) is 29.8. The van der Waals surface area contributed by atoms with E-state index in [0.29, 0.717) is 34.2 Å². The lowest BCUT2D eigenvalue weighted by atomic mass is 9.95. The molecular weight excluding hydrogens is 650 g/mol. The molecule has 0 unspecified atom stereocenters. The van der Waals surface area contributed by atoms with Crippen LogP contribution in [0.2, 0.25) is 0 Å². The summed E-state index contributed by atoms with van der Waals surface area (Å²) < 4.78 is 13.0. The van der Waals surface area contributed by atoms with Gasteiger partial charge in [-0.05, 0) is 89.1 Å². The van der Waals surface area contributed by atoms with Crippen molar-refractivity contribution in [2.75, 3.05) is 0 Å². The maximum atomic E-state index is 13.3. The highest BCUT2D eigenvalue weighted by atomic mass is 79.9. The molecule has 11 heteroatoms. The second-order valence-corrected chi connectivity index (χ2v) is 11.8. The van der Waals surface area contributed by atoms with Crippen LogP contribution in [0.4, 0.5) is 10.7 Å². The molecule has 0 radical (unpaired) electrons. The molecular formula is C28H23Br2N3O5S. The minimum atomic E-state index is -0.432. The van der Waals surface area contributed by atoms with Gasteiger partial charge >= 0.3 is 0 Å². The van der Waals surface area contributed by atoms with Crippen LogP contribution in [0.1, 0.15) is 50.5 Å². The molecule has 39 heavy (non-hydrogen) atoms. The van der Waals surface area contributed by atoms with E-state index < -0.39 is 4.92 Å². The Morgan fingerprint density at radius 1 is 1.18 bits per heavy atom. The van der Waals surface area contributed by atoms with Crippen LogP contribution in [-0.2, 0) is 26.0 Å². The first-order chi connectivity index (χ1) is 18.9. The summed E-state index contributed by atoms with van der Waals surface area (Å²) in [6, 6.07) is 13.6. The van der Waals surface area contributed by atoms with Crippen molar-refractivity contribution in [3.8, 4) is 5.75 Å². The molecule has 2 aromatic carbocycles. The van der Waals surface area contributed by atoms with E-state index in [1.165, 1.54) is 17.0 Å². The standard InChI is InChI=1S/C28H23Br2N3O5S/c29-19-12-18(26(23(30)13-19)38-16-17-7-9-20(10-8-17)33(35)36)14-32-28-25(22-5-1-2-6-24(22)39-28)27(34)31-15-21-4-3-11-37-21/h3-4,7-14H,1-2,5-6,15-16H2,(H,31,34). The molecule has 200 valence electrons. The number of furan rings is 1. The Kier molecular flexibility index (Phi) is 8.59. The van der Waals surface area contributed by atoms with Gasteiger partial charge in [0.15, 0.2) is 0 Å². The van der Waals surface area contributed by atoms with Crippen LogP contribution in [-0.4, -0.2) is 17.0 Å². The molecule has 0 atom stereocenters. The molecule has 1 N–H and O–H groups in total. The third kappa shape index (κ3) is 6.48. The van der Waals surface area contributed by atoms with Gasteiger partial charge in [0.25, 0.3) is 11.6 Å². The summed E-state index contributed by atoms with van der Waals surface area (Å²) in [7, 11) is 0. The van der Waals surface area contributed by atoms with Crippen molar-refractivity contribution in [3.05, 3.63) is 107 Å². The van der Waals surface area contributed by atoms with Crippen molar-refractivity contribution in [2.24, 2.45) is 4.99 Å². The number of nitrogens with zero attached hydrogens (tertiary/aromatic N) is 2. The van der Waals surface area contributed by atoms with E-state index in [2.05, 4.69) is 37.2 Å². The molecule has 1 amide bonds. The first kappa shape index (κ1) is 27.3. The normalized spacial score (nSPS) is 12.9. The van der Waals surface area contributed by atoms with Gasteiger partial charge in [-0.15, -0.1) is 11.3 Å². The molecule has 8 nitrogen and oxygen atoms in total. The number of nitro benzene ring substituents is 1. The van der Waals surface area contributed by atoms with Crippen molar-refractivity contribution in [2.45, 2.75) is 38.8 Å². The number of nitro groups is 1. The highest BCUT2D eigenvalue weighted by molar-refractivity contribution is 9.11. The Morgan fingerprint density at radius 3 is 2.72 bits per heavy atom.